The van der Waals surface area contributed by atoms with Crippen LogP contribution in [0.3, 0.4) is 0 Å². The highest BCUT2D eigenvalue weighted by Gasteiger charge is 2.71. The monoisotopic (exact) mass is 276 g/mol. The van der Waals surface area contributed by atoms with Gasteiger partial charge in [0.25, 0.3) is 5.60 Å². The molecule has 1 N–H and O–H groups in total. The molecule has 0 amide bonds. The van der Waals surface area contributed by atoms with E-state index in [1.54, 1.807) is 0 Å². The van der Waals surface area contributed by atoms with Gasteiger partial charge in [-0.3, -0.25) is 0 Å². The molecular formula is C11H14F6O. The van der Waals surface area contributed by atoms with E-state index >= 15 is 0 Å². The molecule has 0 saturated heterocycles. The molecular weight excluding hydrogens is 262 g/mol. The van der Waals surface area contributed by atoms with E-state index in [1.807, 2.05) is 0 Å². The Kier molecular flexibility index (Phi) is 3.11. The summed E-state index contributed by atoms with van der Waals surface area (Å²) in [4.78, 5) is 0. The lowest BCUT2D eigenvalue weighted by Crippen LogP contribution is -2.58. The maximum Gasteiger partial charge on any atom is 0.426 e. The highest BCUT2D eigenvalue weighted by atomic mass is 19.4. The van der Waals surface area contributed by atoms with Crippen molar-refractivity contribution in [3.63, 3.8) is 0 Å². The molecule has 0 aromatic carbocycles. The van der Waals surface area contributed by atoms with Gasteiger partial charge in [-0.25, -0.2) is 0 Å². The number of alkyl halides is 6. The summed E-state index contributed by atoms with van der Waals surface area (Å²) < 4.78 is 75.2. The molecule has 106 valence electrons. The molecule has 3 atom stereocenters. The van der Waals surface area contributed by atoms with E-state index in [9.17, 15) is 26.3 Å². The maximum atomic E-state index is 12.5. The molecule has 2 bridgehead atoms. The molecule has 18 heavy (non-hydrogen) atoms. The van der Waals surface area contributed by atoms with Crippen LogP contribution in [0, 0.1) is 17.8 Å². The van der Waals surface area contributed by atoms with E-state index in [0.29, 0.717) is 19.3 Å². The lowest BCUT2D eigenvalue weighted by Gasteiger charge is -2.36. The van der Waals surface area contributed by atoms with Crippen molar-refractivity contribution in [2.45, 2.75) is 50.1 Å². The van der Waals surface area contributed by atoms with Crippen molar-refractivity contribution in [1.29, 1.82) is 0 Å². The van der Waals surface area contributed by atoms with Gasteiger partial charge < -0.3 is 5.11 Å². The second-order valence-corrected chi connectivity index (χ2v) is 5.49. The Bertz CT molecular complexity index is 306. The highest BCUT2D eigenvalue weighted by molar-refractivity contribution is 5.00. The van der Waals surface area contributed by atoms with E-state index in [-0.39, 0.29) is 11.8 Å². The van der Waals surface area contributed by atoms with E-state index in [2.05, 4.69) is 0 Å². The van der Waals surface area contributed by atoms with Gasteiger partial charge in [0.15, 0.2) is 0 Å². The minimum atomic E-state index is -5.67. The fraction of sp³-hybridized carbons (Fsp3) is 1.00. The van der Waals surface area contributed by atoms with Gasteiger partial charge in [0.1, 0.15) is 0 Å². The summed E-state index contributed by atoms with van der Waals surface area (Å²) in [7, 11) is 0. The van der Waals surface area contributed by atoms with Gasteiger partial charge in [-0.2, -0.15) is 26.3 Å². The van der Waals surface area contributed by atoms with Crippen LogP contribution < -0.4 is 0 Å². The van der Waals surface area contributed by atoms with Crippen LogP contribution in [0.2, 0.25) is 0 Å². The molecule has 7 heteroatoms. The second kappa shape index (κ2) is 4.02. The first-order valence-electron chi connectivity index (χ1n) is 5.90. The third-order valence-electron chi connectivity index (χ3n) is 4.38. The molecule has 0 aromatic heterocycles. The molecule has 0 aromatic rings. The summed E-state index contributed by atoms with van der Waals surface area (Å²) in [6, 6.07) is 0. The number of hydrogen-bond acceptors (Lipinski definition) is 1. The standard InChI is InChI=1S/C11H14F6O/c12-10(13,14)9(18,11(15,16)17)5-8-4-6-1-2-7(8)3-6/h6-8,18H,1-5H2/t6-,7?,8+/m0/s1. The molecule has 2 rings (SSSR count). The predicted octanol–water partition coefficient (Wildman–Crippen LogP) is 3.67. The zero-order chi connectivity index (χ0) is 13.8. The fourth-order valence-electron chi connectivity index (χ4n) is 3.40. The zero-order valence-corrected chi connectivity index (χ0v) is 9.48. The van der Waals surface area contributed by atoms with E-state index in [1.165, 1.54) is 0 Å². The SMILES string of the molecule is OC(C[C@H]1C[C@H]2CCC1C2)(C(F)(F)F)C(F)(F)F. The van der Waals surface area contributed by atoms with Crippen molar-refractivity contribution in [2.75, 3.05) is 0 Å². The van der Waals surface area contributed by atoms with Crippen LogP contribution in [0.1, 0.15) is 32.1 Å². The average molecular weight is 276 g/mol. The molecule has 2 aliphatic carbocycles. The van der Waals surface area contributed by atoms with Gasteiger partial charge >= 0.3 is 12.4 Å². The van der Waals surface area contributed by atoms with Crippen molar-refractivity contribution in [3.05, 3.63) is 0 Å². The fourth-order valence-corrected chi connectivity index (χ4v) is 3.40. The maximum absolute atomic E-state index is 12.5. The molecule has 0 aliphatic heterocycles. The molecule has 2 fully saturated rings. The van der Waals surface area contributed by atoms with Crippen molar-refractivity contribution in [1.82, 2.24) is 0 Å². The number of aliphatic hydroxyl groups is 1. The van der Waals surface area contributed by atoms with Crippen LogP contribution in [0.25, 0.3) is 0 Å². The summed E-state index contributed by atoms with van der Waals surface area (Å²) in [6.45, 7) is 0. The first kappa shape index (κ1) is 14.0. The highest BCUT2D eigenvalue weighted by Crippen LogP contribution is 2.55. The first-order valence-corrected chi connectivity index (χ1v) is 5.90. The van der Waals surface area contributed by atoms with Gasteiger partial charge in [-0.1, -0.05) is 6.42 Å². The Hall–Kier alpha value is -0.460. The van der Waals surface area contributed by atoms with E-state index in [0.717, 1.165) is 6.42 Å². The predicted molar refractivity (Wildman–Crippen MR) is 50.6 cm³/mol. The van der Waals surface area contributed by atoms with Crippen molar-refractivity contribution < 1.29 is 31.4 Å². The van der Waals surface area contributed by atoms with Gasteiger partial charge in [-0.05, 0) is 43.4 Å². The summed E-state index contributed by atoms with van der Waals surface area (Å²) >= 11 is 0. The van der Waals surface area contributed by atoms with Crippen LogP contribution in [0.5, 0.6) is 0 Å². The van der Waals surface area contributed by atoms with Crippen molar-refractivity contribution in [2.24, 2.45) is 17.8 Å². The Morgan fingerprint density at radius 3 is 1.78 bits per heavy atom. The summed E-state index contributed by atoms with van der Waals surface area (Å²) in [5.74, 6) is -0.519. The van der Waals surface area contributed by atoms with Crippen LogP contribution in [-0.4, -0.2) is 23.1 Å². The van der Waals surface area contributed by atoms with Gasteiger partial charge in [-0.15, -0.1) is 0 Å². The lowest BCUT2D eigenvalue weighted by atomic mass is 9.79. The molecule has 2 saturated carbocycles. The zero-order valence-electron chi connectivity index (χ0n) is 9.48. The van der Waals surface area contributed by atoms with Gasteiger partial charge in [0.2, 0.25) is 0 Å². The van der Waals surface area contributed by atoms with Crippen LogP contribution in [0.4, 0.5) is 26.3 Å². The summed E-state index contributed by atoms with van der Waals surface area (Å²) in [6.07, 6.45) is -9.95. The van der Waals surface area contributed by atoms with E-state index < -0.39 is 30.3 Å². The molecule has 0 heterocycles. The number of hydrogen-bond donors (Lipinski definition) is 1. The molecule has 2 aliphatic rings. The molecule has 1 unspecified atom stereocenters. The number of halogens is 6. The minimum Gasteiger partial charge on any atom is -0.374 e. The normalized spacial score (nSPS) is 33.2. The summed E-state index contributed by atoms with van der Waals surface area (Å²) in [5.41, 5.74) is -4.56. The van der Waals surface area contributed by atoms with Crippen LogP contribution >= 0.6 is 0 Å². The van der Waals surface area contributed by atoms with Crippen molar-refractivity contribution in [3.8, 4) is 0 Å². The minimum absolute atomic E-state index is 0.0915. The number of fused-ring (bicyclic) bond motifs is 2. The van der Waals surface area contributed by atoms with Crippen LogP contribution in [0.15, 0.2) is 0 Å². The van der Waals surface area contributed by atoms with Gasteiger partial charge in [0, 0.05) is 0 Å². The average Bonchev–Trinajstić information content (AvgIpc) is 2.75. The Labute approximate surface area is 100 Å². The van der Waals surface area contributed by atoms with Crippen LogP contribution in [-0.2, 0) is 0 Å². The first-order chi connectivity index (χ1) is 8.04. The second-order valence-electron chi connectivity index (χ2n) is 5.49. The molecule has 0 spiro atoms. The molecule has 1 nitrogen and oxygen atoms in total. The third-order valence-corrected chi connectivity index (χ3v) is 4.38. The van der Waals surface area contributed by atoms with Gasteiger partial charge in [0.05, 0.1) is 0 Å². The quantitative estimate of drug-likeness (QED) is 0.763. The smallest absolute Gasteiger partial charge is 0.374 e. The van der Waals surface area contributed by atoms with E-state index in [4.69, 9.17) is 5.11 Å². The Morgan fingerprint density at radius 1 is 0.889 bits per heavy atom. The Balaban J connectivity index is 2.17. The largest absolute Gasteiger partial charge is 0.426 e. The summed E-state index contributed by atoms with van der Waals surface area (Å²) in [5, 5.41) is 9.12. The lowest BCUT2D eigenvalue weighted by molar-refractivity contribution is -0.373. The molecule has 0 radical (unpaired) electrons. The Morgan fingerprint density at radius 2 is 1.44 bits per heavy atom. The topological polar surface area (TPSA) is 20.2 Å². The number of rotatable bonds is 2. The third kappa shape index (κ3) is 2.10. The van der Waals surface area contributed by atoms with Crippen molar-refractivity contribution >= 4 is 0 Å².